The minimum absolute atomic E-state index is 0.151. The van der Waals surface area contributed by atoms with Gasteiger partial charge >= 0.3 is 11.9 Å². The van der Waals surface area contributed by atoms with Crippen LogP contribution in [0.4, 0.5) is 0 Å². The predicted molar refractivity (Wildman–Crippen MR) is 69.6 cm³/mol. The topological polar surface area (TPSA) is 64.6 Å². The summed E-state index contributed by atoms with van der Waals surface area (Å²) in [7, 11) is 2.44. The van der Waals surface area contributed by atoms with Crippen LogP contribution in [-0.4, -0.2) is 26.2 Å². The van der Waals surface area contributed by atoms with Gasteiger partial charge in [0.25, 0.3) is 0 Å². The summed E-state index contributed by atoms with van der Waals surface area (Å²) in [5, 5.41) is 2.90. The van der Waals surface area contributed by atoms with Crippen molar-refractivity contribution in [2.75, 3.05) is 14.2 Å². The number of esters is 2. The molecule has 0 saturated carbocycles. The summed E-state index contributed by atoms with van der Waals surface area (Å²) in [4.78, 5) is 23.6. The molecule has 1 N–H and O–H groups in total. The van der Waals surface area contributed by atoms with Crippen molar-refractivity contribution in [3.05, 3.63) is 47.2 Å². The van der Waals surface area contributed by atoms with Crippen LogP contribution < -0.4 is 5.32 Å². The number of benzene rings is 1. The van der Waals surface area contributed by atoms with E-state index in [-0.39, 0.29) is 5.57 Å². The summed E-state index contributed by atoms with van der Waals surface area (Å²) in [6, 6.07) is 7.40. The summed E-state index contributed by atoms with van der Waals surface area (Å²) < 4.78 is 9.28. The van der Waals surface area contributed by atoms with Crippen LogP contribution in [0.3, 0.4) is 0 Å². The molecule has 1 aromatic carbocycles. The fourth-order valence-electron chi connectivity index (χ4n) is 1.86. The van der Waals surface area contributed by atoms with Gasteiger partial charge in [0.2, 0.25) is 0 Å². The zero-order chi connectivity index (χ0) is 13.8. The number of hydrogen-bond donors (Lipinski definition) is 1. The highest BCUT2D eigenvalue weighted by atomic mass is 16.5. The average molecular weight is 259 g/mol. The van der Waals surface area contributed by atoms with Crippen molar-refractivity contribution >= 4 is 23.7 Å². The molecule has 0 spiro atoms. The molecule has 5 nitrogen and oxygen atoms in total. The maximum Gasteiger partial charge on any atom is 0.347 e. The highest BCUT2D eigenvalue weighted by Gasteiger charge is 2.27. The van der Waals surface area contributed by atoms with Gasteiger partial charge in [0.15, 0.2) is 5.57 Å². The monoisotopic (exact) mass is 259 g/mol. The lowest BCUT2D eigenvalue weighted by Gasteiger charge is -2.18. The van der Waals surface area contributed by atoms with Gasteiger partial charge in [-0.2, -0.15) is 0 Å². The molecule has 0 atom stereocenters. The van der Waals surface area contributed by atoms with E-state index in [0.29, 0.717) is 5.70 Å². The quantitative estimate of drug-likeness (QED) is 0.375. The zero-order valence-electron chi connectivity index (χ0n) is 10.6. The Balaban J connectivity index is 2.64. The number of hydrogen-bond acceptors (Lipinski definition) is 5. The molecule has 0 aliphatic carbocycles. The van der Waals surface area contributed by atoms with Gasteiger partial charge in [0.05, 0.1) is 19.9 Å². The van der Waals surface area contributed by atoms with Gasteiger partial charge < -0.3 is 14.8 Å². The second-order valence-corrected chi connectivity index (χ2v) is 3.80. The predicted octanol–water partition coefficient (Wildman–Crippen LogP) is 1.32. The van der Waals surface area contributed by atoms with Crippen molar-refractivity contribution in [3.63, 3.8) is 0 Å². The minimum atomic E-state index is -0.737. The first-order valence-electron chi connectivity index (χ1n) is 5.62. The first kappa shape index (κ1) is 12.9. The van der Waals surface area contributed by atoms with Gasteiger partial charge in [-0.3, -0.25) is 0 Å². The van der Waals surface area contributed by atoms with E-state index in [2.05, 4.69) is 14.8 Å². The Labute approximate surface area is 110 Å². The lowest BCUT2D eigenvalue weighted by molar-refractivity contribution is -0.143. The Kier molecular flexibility index (Phi) is 3.66. The molecule has 98 valence electrons. The number of carbonyl (C=O) groups excluding carboxylic acids is 2. The fraction of sp³-hybridized carbons (Fsp3) is 0.143. The molecule has 0 bridgehead atoms. The Morgan fingerprint density at radius 2 is 1.68 bits per heavy atom. The zero-order valence-corrected chi connectivity index (χ0v) is 10.6. The standard InChI is InChI=1S/C14H13NO4/c1-18-13(16)11(14(17)19-2)12-10-6-4-3-5-9(10)7-8-15-12/h3-8,15H,1-2H3. The third-order valence-corrected chi connectivity index (χ3v) is 2.75. The molecule has 19 heavy (non-hydrogen) atoms. The van der Waals surface area contributed by atoms with Crippen LogP contribution in [0, 0.1) is 0 Å². The molecule has 0 amide bonds. The summed E-state index contributed by atoms with van der Waals surface area (Å²) >= 11 is 0. The molecule has 1 heterocycles. The number of methoxy groups -OCH3 is 2. The van der Waals surface area contributed by atoms with Crippen LogP contribution in [0.5, 0.6) is 0 Å². The second-order valence-electron chi connectivity index (χ2n) is 3.80. The molecular weight excluding hydrogens is 246 g/mol. The Morgan fingerprint density at radius 1 is 1.05 bits per heavy atom. The Morgan fingerprint density at radius 3 is 2.32 bits per heavy atom. The van der Waals surface area contributed by atoms with Gasteiger partial charge in [-0.25, -0.2) is 9.59 Å². The number of carbonyl (C=O) groups is 2. The third-order valence-electron chi connectivity index (χ3n) is 2.75. The second kappa shape index (κ2) is 5.39. The third kappa shape index (κ3) is 2.35. The lowest BCUT2D eigenvalue weighted by atomic mass is 9.98. The molecule has 0 radical (unpaired) electrons. The fourth-order valence-corrected chi connectivity index (χ4v) is 1.86. The summed E-state index contributed by atoms with van der Waals surface area (Å²) in [6.07, 6.45) is 3.51. The number of rotatable bonds is 2. The van der Waals surface area contributed by atoms with Crippen molar-refractivity contribution in [3.8, 4) is 0 Å². The lowest BCUT2D eigenvalue weighted by Crippen LogP contribution is -2.23. The van der Waals surface area contributed by atoms with Crippen LogP contribution in [0.15, 0.2) is 36.0 Å². The highest BCUT2D eigenvalue weighted by Crippen LogP contribution is 2.26. The summed E-state index contributed by atoms with van der Waals surface area (Å²) in [6.45, 7) is 0. The van der Waals surface area contributed by atoms with Crippen LogP contribution >= 0.6 is 0 Å². The van der Waals surface area contributed by atoms with Gasteiger partial charge in [0, 0.05) is 11.8 Å². The van der Waals surface area contributed by atoms with E-state index in [1.807, 2.05) is 30.3 Å². The molecule has 0 unspecified atom stereocenters. The van der Waals surface area contributed by atoms with Crippen LogP contribution in [-0.2, 0) is 19.1 Å². The molecule has 0 saturated heterocycles. The molecule has 0 aromatic heterocycles. The van der Waals surface area contributed by atoms with Crippen molar-refractivity contribution < 1.29 is 19.1 Å². The Bertz CT molecular complexity index is 569. The van der Waals surface area contributed by atoms with Crippen LogP contribution in [0.1, 0.15) is 11.1 Å². The van der Waals surface area contributed by atoms with E-state index in [9.17, 15) is 9.59 Å². The van der Waals surface area contributed by atoms with E-state index < -0.39 is 11.9 Å². The van der Waals surface area contributed by atoms with E-state index in [4.69, 9.17) is 0 Å². The minimum Gasteiger partial charge on any atom is -0.465 e. The van der Waals surface area contributed by atoms with Gasteiger partial charge in [-0.15, -0.1) is 0 Å². The number of fused-ring (bicyclic) bond motifs is 1. The molecule has 1 aromatic rings. The average Bonchev–Trinajstić information content (AvgIpc) is 2.47. The number of ether oxygens (including phenoxy) is 2. The van der Waals surface area contributed by atoms with Crippen molar-refractivity contribution in [2.24, 2.45) is 0 Å². The molecule has 1 aliphatic rings. The first-order valence-corrected chi connectivity index (χ1v) is 5.62. The van der Waals surface area contributed by atoms with Gasteiger partial charge in [-0.1, -0.05) is 24.3 Å². The van der Waals surface area contributed by atoms with Crippen molar-refractivity contribution in [1.82, 2.24) is 5.32 Å². The maximum absolute atomic E-state index is 11.8. The highest BCUT2D eigenvalue weighted by molar-refractivity contribution is 6.20. The molecule has 1 aliphatic heterocycles. The summed E-state index contributed by atoms with van der Waals surface area (Å²) in [5.41, 5.74) is 1.89. The van der Waals surface area contributed by atoms with E-state index >= 15 is 0 Å². The number of nitrogens with one attached hydrogen (secondary N) is 1. The molecule has 0 fully saturated rings. The van der Waals surface area contributed by atoms with Crippen molar-refractivity contribution in [1.29, 1.82) is 0 Å². The SMILES string of the molecule is COC(=O)C(C(=O)OC)=C1NC=Cc2ccccc21. The van der Waals surface area contributed by atoms with Crippen molar-refractivity contribution in [2.45, 2.75) is 0 Å². The first-order chi connectivity index (χ1) is 9.19. The van der Waals surface area contributed by atoms with Crippen LogP contribution in [0.25, 0.3) is 11.8 Å². The maximum atomic E-state index is 11.8. The Hall–Kier alpha value is -2.56. The largest absolute Gasteiger partial charge is 0.465 e. The van der Waals surface area contributed by atoms with Gasteiger partial charge in [-0.05, 0) is 11.6 Å². The smallest absolute Gasteiger partial charge is 0.347 e. The molecular formula is C14H13NO4. The molecule has 2 rings (SSSR count). The van der Waals surface area contributed by atoms with E-state index in [1.165, 1.54) is 14.2 Å². The van der Waals surface area contributed by atoms with Crippen LogP contribution in [0.2, 0.25) is 0 Å². The van der Waals surface area contributed by atoms with Gasteiger partial charge in [0.1, 0.15) is 0 Å². The van der Waals surface area contributed by atoms with E-state index in [1.54, 1.807) is 6.20 Å². The van der Waals surface area contributed by atoms with E-state index in [0.717, 1.165) is 11.1 Å². The summed E-state index contributed by atoms with van der Waals surface area (Å²) in [5.74, 6) is -1.47. The normalized spacial score (nSPS) is 12.2. The molecule has 5 heteroatoms.